The van der Waals surface area contributed by atoms with Gasteiger partial charge in [-0.2, -0.15) is 0 Å². The van der Waals surface area contributed by atoms with Crippen molar-refractivity contribution in [1.82, 2.24) is 24.3 Å². The van der Waals surface area contributed by atoms with E-state index in [1.165, 1.54) is 11.8 Å². The number of pyridine rings is 1. The minimum atomic E-state index is -0.390. The highest BCUT2D eigenvalue weighted by atomic mass is 19.1. The number of hydrogen-bond acceptors (Lipinski definition) is 5. The van der Waals surface area contributed by atoms with Gasteiger partial charge in [-0.25, -0.2) is 9.37 Å². The second-order valence-electron chi connectivity index (χ2n) is 6.98. The van der Waals surface area contributed by atoms with E-state index in [0.29, 0.717) is 18.8 Å². The highest BCUT2D eigenvalue weighted by Crippen LogP contribution is 2.15. The lowest BCUT2D eigenvalue weighted by Gasteiger charge is -2.27. The Labute approximate surface area is 157 Å². The molecule has 0 spiro atoms. The zero-order valence-electron chi connectivity index (χ0n) is 15.3. The van der Waals surface area contributed by atoms with Gasteiger partial charge >= 0.3 is 0 Å². The smallest absolute Gasteiger partial charge is 0.228 e. The summed E-state index contributed by atoms with van der Waals surface area (Å²) in [6.07, 6.45) is 4.05. The molecule has 2 aromatic heterocycles. The number of hydrogen-bond donors (Lipinski definition) is 0. The summed E-state index contributed by atoms with van der Waals surface area (Å²) in [5.74, 6) is 0.669. The van der Waals surface area contributed by atoms with E-state index in [2.05, 4.69) is 19.4 Å². The maximum absolute atomic E-state index is 13.0. The minimum Gasteiger partial charge on any atom is -0.379 e. The molecule has 27 heavy (non-hydrogen) atoms. The van der Waals surface area contributed by atoms with Gasteiger partial charge < -0.3 is 14.2 Å². The third kappa shape index (κ3) is 4.33. The van der Waals surface area contributed by atoms with Crippen molar-refractivity contribution in [1.29, 1.82) is 0 Å². The van der Waals surface area contributed by atoms with E-state index in [-0.39, 0.29) is 18.1 Å². The third-order valence-corrected chi connectivity index (χ3v) is 5.18. The lowest BCUT2D eigenvalue weighted by atomic mass is 10.2. The molecule has 4 heterocycles. The Hall–Kier alpha value is -2.32. The standard InChI is InChI=1S/C19H24FN5O2/c20-15-1-2-16(21-12-15)11-19(26)24-4-3-18-22-13-17(25(18)6-5-24)14-23-7-9-27-10-8-23/h1-2,12-13H,3-11,14H2. The maximum Gasteiger partial charge on any atom is 0.228 e. The summed E-state index contributed by atoms with van der Waals surface area (Å²) < 4.78 is 20.6. The predicted octanol–water partition coefficient (Wildman–Crippen LogP) is 0.877. The number of aromatic nitrogens is 3. The molecule has 0 saturated carbocycles. The molecule has 0 aromatic carbocycles. The molecule has 0 unspecified atom stereocenters. The van der Waals surface area contributed by atoms with Gasteiger partial charge in [-0.3, -0.25) is 14.7 Å². The fraction of sp³-hybridized carbons (Fsp3) is 0.526. The molecule has 0 radical (unpaired) electrons. The normalized spacial score (nSPS) is 18.2. The van der Waals surface area contributed by atoms with E-state index in [9.17, 15) is 9.18 Å². The molecule has 0 atom stereocenters. The molecule has 0 aliphatic carbocycles. The first-order chi connectivity index (χ1) is 13.2. The Bertz CT molecular complexity index is 786. The highest BCUT2D eigenvalue weighted by Gasteiger charge is 2.22. The van der Waals surface area contributed by atoms with Crippen molar-refractivity contribution < 1.29 is 13.9 Å². The topological polar surface area (TPSA) is 63.5 Å². The summed E-state index contributed by atoms with van der Waals surface area (Å²) in [6, 6.07) is 2.90. The quantitative estimate of drug-likeness (QED) is 0.796. The summed E-state index contributed by atoms with van der Waals surface area (Å²) in [4.78, 5) is 25.4. The van der Waals surface area contributed by atoms with Crippen LogP contribution in [0.4, 0.5) is 4.39 Å². The van der Waals surface area contributed by atoms with E-state index in [1.807, 2.05) is 11.1 Å². The van der Waals surface area contributed by atoms with E-state index >= 15 is 0 Å². The predicted molar refractivity (Wildman–Crippen MR) is 96.5 cm³/mol. The Morgan fingerprint density at radius 2 is 1.93 bits per heavy atom. The first-order valence-corrected chi connectivity index (χ1v) is 9.40. The molecular weight excluding hydrogens is 349 g/mol. The number of ether oxygens (including phenoxy) is 1. The van der Waals surface area contributed by atoms with Gasteiger partial charge in [-0.1, -0.05) is 0 Å². The molecule has 8 heteroatoms. The van der Waals surface area contributed by atoms with Gasteiger partial charge in [-0.05, 0) is 12.1 Å². The van der Waals surface area contributed by atoms with Crippen LogP contribution in [0.1, 0.15) is 17.2 Å². The first kappa shape index (κ1) is 18.1. The van der Waals surface area contributed by atoms with Gasteiger partial charge in [0, 0.05) is 57.6 Å². The van der Waals surface area contributed by atoms with E-state index in [1.54, 1.807) is 6.07 Å². The Kier molecular flexibility index (Phi) is 5.45. The van der Waals surface area contributed by atoms with Crippen LogP contribution in [0.3, 0.4) is 0 Å². The van der Waals surface area contributed by atoms with Crippen molar-refractivity contribution in [2.24, 2.45) is 0 Å². The molecule has 2 aliphatic rings. The molecule has 0 N–H and O–H groups in total. The van der Waals surface area contributed by atoms with Crippen molar-refractivity contribution in [2.45, 2.75) is 25.9 Å². The number of halogens is 1. The van der Waals surface area contributed by atoms with Gasteiger partial charge in [0.05, 0.1) is 31.5 Å². The van der Waals surface area contributed by atoms with Gasteiger partial charge in [0.15, 0.2) is 0 Å². The number of rotatable bonds is 4. The van der Waals surface area contributed by atoms with Crippen LogP contribution in [0.15, 0.2) is 24.5 Å². The maximum atomic E-state index is 13.0. The summed E-state index contributed by atoms with van der Waals surface area (Å²) in [7, 11) is 0. The fourth-order valence-corrected chi connectivity index (χ4v) is 3.64. The van der Waals surface area contributed by atoms with Crippen LogP contribution in [0, 0.1) is 5.82 Å². The van der Waals surface area contributed by atoms with Crippen molar-refractivity contribution in [3.8, 4) is 0 Å². The molecule has 2 aromatic rings. The third-order valence-electron chi connectivity index (χ3n) is 5.18. The first-order valence-electron chi connectivity index (χ1n) is 9.40. The van der Waals surface area contributed by atoms with Gasteiger partial charge in [0.1, 0.15) is 11.6 Å². The second-order valence-corrected chi connectivity index (χ2v) is 6.98. The number of carbonyl (C=O) groups excluding carboxylic acids is 1. The molecule has 2 aliphatic heterocycles. The van der Waals surface area contributed by atoms with Gasteiger partial charge in [-0.15, -0.1) is 0 Å². The number of fused-ring (bicyclic) bond motifs is 1. The second kappa shape index (κ2) is 8.14. The minimum absolute atomic E-state index is 0.0228. The lowest BCUT2D eigenvalue weighted by molar-refractivity contribution is -0.130. The van der Waals surface area contributed by atoms with Crippen LogP contribution in [0.25, 0.3) is 0 Å². The zero-order chi connectivity index (χ0) is 18.6. The molecule has 1 saturated heterocycles. The van der Waals surface area contributed by atoms with Crippen molar-refractivity contribution in [3.05, 3.63) is 47.6 Å². The van der Waals surface area contributed by atoms with Gasteiger partial charge in [0.25, 0.3) is 0 Å². The zero-order valence-corrected chi connectivity index (χ0v) is 15.3. The van der Waals surface area contributed by atoms with Crippen LogP contribution in [-0.4, -0.2) is 69.6 Å². The number of nitrogens with zero attached hydrogens (tertiary/aromatic N) is 5. The molecule has 1 amide bonds. The Morgan fingerprint density at radius 1 is 1.07 bits per heavy atom. The summed E-state index contributed by atoms with van der Waals surface area (Å²) in [5.41, 5.74) is 1.79. The largest absolute Gasteiger partial charge is 0.379 e. The van der Waals surface area contributed by atoms with Crippen LogP contribution in [0.2, 0.25) is 0 Å². The summed E-state index contributed by atoms with van der Waals surface area (Å²) in [6.45, 7) is 6.35. The Balaban J connectivity index is 1.38. The molecule has 7 nitrogen and oxygen atoms in total. The van der Waals surface area contributed by atoms with Gasteiger partial charge in [0.2, 0.25) is 5.91 Å². The average Bonchev–Trinajstić information content (AvgIpc) is 2.93. The highest BCUT2D eigenvalue weighted by molar-refractivity contribution is 5.78. The number of amides is 1. The van der Waals surface area contributed by atoms with Crippen molar-refractivity contribution in [3.63, 3.8) is 0 Å². The fourth-order valence-electron chi connectivity index (χ4n) is 3.64. The monoisotopic (exact) mass is 373 g/mol. The van der Waals surface area contributed by atoms with Crippen molar-refractivity contribution >= 4 is 5.91 Å². The van der Waals surface area contributed by atoms with Crippen LogP contribution in [0.5, 0.6) is 0 Å². The van der Waals surface area contributed by atoms with Crippen LogP contribution < -0.4 is 0 Å². The van der Waals surface area contributed by atoms with E-state index < -0.39 is 0 Å². The molecule has 144 valence electrons. The molecule has 4 rings (SSSR count). The summed E-state index contributed by atoms with van der Waals surface area (Å²) >= 11 is 0. The lowest BCUT2D eigenvalue weighted by Crippen LogP contribution is -2.36. The van der Waals surface area contributed by atoms with Crippen LogP contribution >= 0.6 is 0 Å². The molecule has 1 fully saturated rings. The van der Waals surface area contributed by atoms with Crippen molar-refractivity contribution in [2.75, 3.05) is 39.4 Å². The molecular formula is C19H24FN5O2. The molecule has 0 bridgehead atoms. The van der Waals surface area contributed by atoms with E-state index in [4.69, 9.17) is 4.74 Å². The number of morpholine rings is 1. The summed E-state index contributed by atoms with van der Waals surface area (Å²) in [5, 5.41) is 0. The average molecular weight is 373 g/mol. The Morgan fingerprint density at radius 3 is 2.70 bits per heavy atom. The SMILES string of the molecule is O=C(Cc1ccc(F)cn1)N1CCc2ncc(CN3CCOCC3)n2CC1. The number of imidazole rings is 1. The number of carbonyl (C=O) groups is 1. The van der Waals surface area contributed by atoms with Crippen LogP contribution in [-0.2, 0) is 35.5 Å². The van der Waals surface area contributed by atoms with E-state index in [0.717, 1.165) is 57.8 Å².